The first-order valence-electron chi connectivity index (χ1n) is 4.05. The molecule has 0 amide bonds. The first-order chi connectivity index (χ1) is 4.83. The molecule has 5 heteroatoms. The normalized spacial score (nSPS) is 6.46. The number of aliphatic hydroxyl groups is 2. The molecular formula is C8H22F2HfO2. The molecular weight excluding hydrogens is 345 g/mol. The van der Waals surface area contributed by atoms with Crippen LogP contribution >= 0.6 is 0 Å². The average Bonchev–Trinajstić information content (AvgIpc) is 1.93. The fraction of sp³-hybridized carbons (Fsp3) is 1.00. The Labute approximate surface area is 98.3 Å². The standard InChI is InChI=1S/2C4H10O.2FH.Hf/c2*1-2-3-4-5;;;/h2*5H,2-4H2,1H3;2*1H;. The number of aliphatic hydroxyl groups excluding tert-OH is 2. The molecule has 2 nitrogen and oxygen atoms in total. The number of unbranched alkanes of at least 4 members (excludes halogenated alkanes) is 2. The molecule has 0 bridgehead atoms. The fourth-order valence-electron chi connectivity index (χ4n) is 0.316. The van der Waals surface area contributed by atoms with E-state index in [1.54, 1.807) is 0 Å². The van der Waals surface area contributed by atoms with E-state index in [-0.39, 0.29) is 35.3 Å². The minimum absolute atomic E-state index is 0. The topological polar surface area (TPSA) is 40.5 Å². The summed E-state index contributed by atoms with van der Waals surface area (Å²) < 4.78 is 0. The van der Waals surface area contributed by atoms with Crippen LogP contribution in [0.1, 0.15) is 39.5 Å². The summed E-state index contributed by atoms with van der Waals surface area (Å²) in [6.45, 7) is 4.79. The van der Waals surface area contributed by atoms with Gasteiger partial charge in [-0.15, -0.1) is 0 Å². The van der Waals surface area contributed by atoms with Crippen LogP contribution in [0.15, 0.2) is 0 Å². The van der Waals surface area contributed by atoms with Crippen LogP contribution in [0.25, 0.3) is 0 Å². The van der Waals surface area contributed by atoms with E-state index < -0.39 is 0 Å². The van der Waals surface area contributed by atoms with Gasteiger partial charge in [0.25, 0.3) is 0 Å². The van der Waals surface area contributed by atoms with Crippen molar-refractivity contribution in [1.29, 1.82) is 0 Å². The number of halogens is 2. The smallest absolute Gasteiger partial charge is 0.0430 e. The molecule has 0 unspecified atom stereocenters. The summed E-state index contributed by atoms with van der Waals surface area (Å²) in [6.07, 6.45) is 4.08. The molecule has 0 aromatic heterocycles. The zero-order valence-electron chi connectivity index (χ0n) is 8.45. The minimum atomic E-state index is 0. The Morgan fingerprint density at radius 2 is 1.00 bits per heavy atom. The van der Waals surface area contributed by atoms with Gasteiger partial charge in [0.1, 0.15) is 0 Å². The molecule has 0 radical (unpaired) electrons. The second-order valence-electron chi connectivity index (χ2n) is 2.15. The van der Waals surface area contributed by atoms with Gasteiger partial charge < -0.3 is 10.2 Å². The van der Waals surface area contributed by atoms with Gasteiger partial charge in [0.2, 0.25) is 0 Å². The van der Waals surface area contributed by atoms with Crippen LogP contribution in [-0.4, -0.2) is 23.4 Å². The predicted molar refractivity (Wildman–Crippen MR) is 49.0 cm³/mol. The van der Waals surface area contributed by atoms with Gasteiger partial charge in [0.15, 0.2) is 0 Å². The number of hydrogen-bond acceptors (Lipinski definition) is 2. The zero-order chi connectivity index (χ0) is 8.24. The van der Waals surface area contributed by atoms with Gasteiger partial charge in [-0.05, 0) is 12.8 Å². The summed E-state index contributed by atoms with van der Waals surface area (Å²) in [4.78, 5) is 0. The molecule has 0 aromatic rings. The molecule has 0 aliphatic heterocycles. The molecule has 0 fully saturated rings. The molecule has 0 rings (SSSR count). The molecule has 0 saturated carbocycles. The zero-order valence-corrected chi connectivity index (χ0v) is 12.0. The summed E-state index contributed by atoms with van der Waals surface area (Å²) in [5.41, 5.74) is 0. The fourth-order valence-corrected chi connectivity index (χ4v) is 0.316. The third-order valence-electron chi connectivity index (χ3n) is 1.02. The van der Waals surface area contributed by atoms with Crippen molar-refractivity contribution in [2.75, 3.05) is 13.2 Å². The SMILES string of the molecule is CCCCO.CCCCO.F.F.[Hf]. The predicted octanol–water partition coefficient (Wildman–Crippen LogP) is 1.86. The second kappa shape index (κ2) is 38.8. The van der Waals surface area contributed by atoms with Crippen LogP contribution in [-0.2, 0) is 25.8 Å². The second-order valence-corrected chi connectivity index (χ2v) is 2.15. The van der Waals surface area contributed by atoms with E-state index in [4.69, 9.17) is 10.2 Å². The molecule has 13 heavy (non-hydrogen) atoms. The first kappa shape index (κ1) is 29.2. The van der Waals surface area contributed by atoms with Crippen molar-refractivity contribution < 1.29 is 45.5 Å². The molecule has 0 aliphatic carbocycles. The van der Waals surface area contributed by atoms with E-state index in [1.165, 1.54) is 0 Å². The largest absolute Gasteiger partial charge is 0.396 e. The van der Waals surface area contributed by atoms with Crippen LogP contribution in [0.5, 0.6) is 0 Å². The minimum Gasteiger partial charge on any atom is -0.396 e. The molecule has 0 aliphatic rings. The van der Waals surface area contributed by atoms with Crippen molar-refractivity contribution >= 4 is 0 Å². The van der Waals surface area contributed by atoms with Crippen LogP contribution in [0.2, 0.25) is 0 Å². The quantitative estimate of drug-likeness (QED) is 0.746. The third-order valence-corrected chi connectivity index (χ3v) is 1.02. The average molecular weight is 367 g/mol. The van der Waals surface area contributed by atoms with Gasteiger partial charge >= 0.3 is 0 Å². The Hall–Kier alpha value is 0.650. The van der Waals surface area contributed by atoms with Crippen molar-refractivity contribution in [2.45, 2.75) is 39.5 Å². The first-order valence-corrected chi connectivity index (χ1v) is 4.05. The van der Waals surface area contributed by atoms with E-state index in [9.17, 15) is 0 Å². The number of rotatable bonds is 4. The molecule has 0 aromatic carbocycles. The molecule has 84 valence electrons. The summed E-state index contributed by atoms with van der Waals surface area (Å²) in [7, 11) is 0. The Bertz CT molecular complexity index is 41.1. The van der Waals surface area contributed by atoms with Crippen molar-refractivity contribution in [3.63, 3.8) is 0 Å². The van der Waals surface area contributed by atoms with Gasteiger partial charge in [0, 0.05) is 39.1 Å². The van der Waals surface area contributed by atoms with Gasteiger partial charge in [-0.3, -0.25) is 9.41 Å². The summed E-state index contributed by atoms with van der Waals surface area (Å²) in [6, 6.07) is 0. The Morgan fingerprint density at radius 3 is 1.00 bits per heavy atom. The Balaban J connectivity index is -0.0000000267. The van der Waals surface area contributed by atoms with E-state index in [0.29, 0.717) is 13.2 Å². The summed E-state index contributed by atoms with van der Waals surface area (Å²) in [5.74, 6) is 0. The number of hydrogen-bond donors (Lipinski definition) is 2. The molecule has 2 N–H and O–H groups in total. The van der Waals surface area contributed by atoms with Gasteiger partial charge in [0.05, 0.1) is 0 Å². The van der Waals surface area contributed by atoms with Crippen molar-refractivity contribution in [1.82, 2.24) is 0 Å². The Morgan fingerprint density at radius 1 is 0.769 bits per heavy atom. The van der Waals surface area contributed by atoms with Gasteiger partial charge in [-0.2, -0.15) is 0 Å². The van der Waals surface area contributed by atoms with E-state index in [1.807, 2.05) is 0 Å². The maximum absolute atomic E-state index is 8.07. The van der Waals surface area contributed by atoms with E-state index in [2.05, 4.69) is 13.8 Å². The maximum atomic E-state index is 8.07. The maximum Gasteiger partial charge on any atom is 0.0430 e. The van der Waals surface area contributed by atoms with Crippen LogP contribution < -0.4 is 0 Å². The molecule has 0 atom stereocenters. The summed E-state index contributed by atoms with van der Waals surface area (Å²) in [5, 5.41) is 16.1. The van der Waals surface area contributed by atoms with Crippen molar-refractivity contribution in [2.24, 2.45) is 0 Å². The van der Waals surface area contributed by atoms with Crippen LogP contribution in [0.4, 0.5) is 9.41 Å². The summed E-state index contributed by atoms with van der Waals surface area (Å²) >= 11 is 0. The Kier molecular flexibility index (Phi) is 87.2. The van der Waals surface area contributed by atoms with Crippen molar-refractivity contribution in [3.05, 3.63) is 0 Å². The third kappa shape index (κ3) is 66.4. The van der Waals surface area contributed by atoms with Crippen molar-refractivity contribution in [3.8, 4) is 0 Å². The van der Waals surface area contributed by atoms with E-state index in [0.717, 1.165) is 25.7 Å². The molecule has 0 spiro atoms. The molecule has 0 saturated heterocycles. The molecule has 0 heterocycles. The van der Waals surface area contributed by atoms with Crippen LogP contribution in [0, 0.1) is 0 Å². The van der Waals surface area contributed by atoms with Crippen LogP contribution in [0.3, 0.4) is 0 Å². The van der Waals surface area contributed by atoms with E-state index >= 15 is 0 Å². The van der Waals surface area contributed by atoms with Gasteiger partial charge in [-0.25, -0.2) is 0 Å². The monoisotopic (exact) mass is 368 g/mol. The van der Waals surface area contributed by atoms with Gasteiger partial charge in [-0.1, -0.05) is 26.7 Å².